The smallest absolute Gasteiger partial charge is 0.157 e. The summed E-state index contributed by atoms with van der Waals surface area (Å²) in [5.74, 6) is 1.75. The molecule has 0 unspecified atom stereocenters. The largest absolute Gasteiger partial charge is 0.496 e. The SMILES string of the molecule is COc1cc(F)cc2c1cc(C)n2CCNc1cc(-c2ccc(-c3ncnn3C)cc2)ncn1. The van der Waals surface area contributed by atoms with Gasteiger partial charge in [0.1, 0.15) is 30.0 Å². The topological polar surface area (TPSA) is 82.7 Å². The lowest BCUT2D eigenvalue weighted by Crippen LogP contribution is -2.12. The summed E-state index contributed by atoms with van der Waals surface area (Å²) in [6, 6.07) is 14.9. The van der Waals surface area contributed by atoms with Gasteiger partial charge in [-0.25, -0.2) is 24.0 Å². The highest BCUT2D eigenvalue weighted by Gasteiger charge is 2.12. The second-order valence-corrected chi connectivity index (χ2v) is 7.98. The zero-order valence-corrected chi connectivity index (χ0v) is 19.2. The number of hydrogen-bond donors (Lipinski definition) is 1. The number of nitrogens with one attached hydrogen (secondary N) is 1. The van der Waals surface area contributed by atoms with Crippen molar-refractivity contribution in [2.45, 2.75) is 13.5 Å². The van der Waals surface area contributed by atoms with Gasteiger partial charge in [0.15, 0.2) is 5.82 Å². The predicted molar refractivity (Wildman–Crippen MR) is 129 cm³/mol. The minimum absolute atomic E-state index is 0.317. The summed E-state index contributed by atoms with van der Waals surface area (Å²) in [5, 5.41) is 8.37. The van der Waals surface area contributed by atoms with Crippen LogP contribution in [-0.2, 0) is 13.6 Å². The van der Waals surface area contributed by atoms with Gasteiger partial charge in [-0.2, -0.15) is 5.10 Å². The maximum Gasteiger partial charge on any atom is 0.157 e. The third-order valence-electron chi connectivity index (χ3n) is 5.83. The van der Waals surface area contributed by atoms with Gasteiger partial charge in [-0.15, -0.1) is 0 Å². The van der Waals surface area contributed by atoms with Crippen molar-refractivity contribution in [2.75, 3.05) is 19.0 Å². The van der Waals surface area contributed by atoms with E-state index >= 15 is 0 Å². The van der Waals surface area contributed by atoms with Crippen LogP contribution in [0.1, 0.15) is 5.69 Å². The molecule has 34 heavy (non-hydrogen) atoms. The molecule has 1 N–H and O–H groups in total. The van der Waals surface area contributed by atoms with Crippen molar-refractivity contribution < 1.29 is 9.13 Å². The predicted octanol–water partition coefficient (Wildman–Crippen LogP) is 4.46. The maximum atomic E-state index is 14.1. The van der Waals surface area contributed by atoms with E-state index in [-0.39, 0.29) is 5.82 Å². The van der Waals surface area contributed by atoms with E-state index in [1.165, 1.54) is 12.4 Å². The van der Waals surface area contributed by atoms with Crippen LogP contribution in [0.25, 0.3) is 33.5 Å². The monoisotopic (exact) mass is 457 g/mol. The molecule has 0 aliphatic carbocycles. The van der Waals surface area contributed by atoms with Crippen LogP contribution in [-0.4, -0.2) is 43.0 Å². The van der Waals surface area contributed by atoms with Crippen molar-refractivity contribution in [1.82, 2.24) is 29.3 Å². The Kier molecular flexibility index (Phi) is 5.67. The summed E-state index contributed by atoms with van der Waals surface area (Å²) in [4.78, 5) is 13.0. The Morgan fingerprint density at radius 3 is 2.50 bits per heavy atom. The number of anilines is 1. The van der Waals surface area contributed by atoms with E-state index in [4.69, 9.17) is 4.74 Å². The van der Waals surface area contributed by atoms with Crippen LogP contribution in [0.4, 0.5) is 10.2 Å². The van der Waals surface area contributed by atoms with E-state index in [0.29, 0.717) is 18.8 Å². The third-order valence-corrected chi connectivity index (χ3v) is 5.83. The van der Waals surface area contributed by atoms with Crippen LogP contribution in [0.15, 0.2) is 61.2 Å². The fourth-order valence-electron chi connectivity index (χ4n) is 4.15. The van der Waals surface area contributed by atoms with Crippen LogP contribution in [0.3, 0.4) is 0 Å². The molecule has 0 bridgehead atoms. The zero-order valence-electron chi connectivity index (χ0n) is 19.2. The van der Waals surface area contributed by atoms with E-state index in [9.17, 15) is 4.39 Å². The van der Waals surface area contributed by atoms with Crippen molar-refractivity contribution in [3.63, 3.8) is 0 Å². The summed E-state index contributed by atoms with van der Waals surface area (Å²) in [5.41, 5.74) is 4.62. The van der Waals surface area contributed by atoms with Gasteiger partial charge in [0.05, 0.1) is 18.3 Å². The van der Waals surface area contributed by atoms with Crippen molar-refractivity contribution in [3.8, 4) is 28.4 Å². The van der Waals surface area contributed by atoms with Crippen molar-refractivity contribution in [2.24, 2.45) is 7.05 Å². The Morgan fingerprint density at radius 2 is 1.76 bits per heavy atom. The number of hydrogen-bond acceptors (Lipinski definition) is 6. The minimum atomic E-state index is -0.317. The molecule has 0 aliphatic heterocycles. The average Bonchev–Trinajstić information content (AvgIpc) is 3.41. The highest BCUT2D eigenvalue weighted by Crippen LogP contribution is 2.30. The number of nitrogens with zero attached hydrogens (tertiary/aromatic N) is 6. The van der Waals surface area contributed by atoms with Gasteiger partial charge in [-0.3, -0.25) is 0 Å². The highest BCUT2D eigenvalue weighted by atomic mass is 19.1. The molecule has 0 atom stereocenters. The van der Waals surface area contributed by atoms with Crippen LogP contribution in [0.5, 0.6) is 5.75 Å². The van der Waals surface area contributed by atoms with Crippen LogP contribution >= 0.6 is 0 Å². The van der Waals surface area contributed by atoms with Gasteiger partial charge in [-0.1, -0.05) is 24.3 Å². The Bertz CT molecular complexity index is 1460. The second kappa shape index (κ2) is 8.93. The van der Waals surface area contributed by atoms with E-state index in [0.717, 1.165) is 45.1 Å². The molecule has 0 amide bonds. The van der Waals surface area contributed by atoms with Gasteiger partial charge >= 0.3 is 0 Å². The molecule has 0 radical (unpaired) electrons. The Labute approximate surface area is 196 Å². The fraction of sp³-hybridized carbons (Fsp3) is 0.200. The lowest BCUT2D eigenvalue weighted by molar-refractivity contribution is 0.416. The number of methoxy groups -OCH3 is 1. The summed E-state index contributed by atoms with van der Waals surface area (Å²) < 4.78 is 23.2. The Hall–Kier alpha value is -4.27. The molecule has 0 aliphatic rings. The second-order valence-electron chi connectivity index (χ2n) is 7.98. The lowest BCUT2D eigenvalue weighted by Gasteiger charge is -2.11. The molecular formula is C25H24FN7O. The van der Waals surface area contributed by atoms with Gasteiger partial charge < -0.3 is 14.6 Å². The highest BCUT2D eigenvalue weighted by molar-refractivity contribution is 5.87. The van der Waals surface area contributed by atoms with Crippen LogP contribution in [0, 0.1) is 12.7 Å². The van der Waals surface area contributed by atoms with E-state index in [1.54, 1.807) is 24.2 Å². The molecule has 3 aromatic heterocycles. The van der Waals surface area contributed by atoms with Gasteiger partial charge in [-0.05, 0) is 19.1 Å². The number of ether oxygens (including phenoxy) is 1. The molecular weight excluding hydrogens is 433 g/mol. The van der Waals surface area contributed by atoms with E-state index < -0.39 is 0 Å². The molecule has 9 heteroatoms. The summed E-state index contributed by atoms with van der Waals surface area (Å²) in [6.07, 6.45) is 3.08. The number of halogens is 1. The zero-order chi connectivity index (χ0) is 23.7. The Morgan fingerprint density at radius 1 is 0.971 bits per heavy atom. The minimum Gasteiger partial charge on any atom is -0.496 e. The standard InChI is InChI=1S/C25H24FN7O/c1-16-10-20-22(11-19(26)12-23(20)34-3)33(16)9-8-27-24-13-21(28-14-29-24)17-4-6-18(7-5-17)25-30-15-31-32(25)2/h4-7,10-15H,8-9H2,1-3H3,(H,27,28,29). The number of aryl methyl sites for hydroxylation is 2. The molecule has 0 saturated carbocycles. The molecule has 5 rings (SSSR count). The van der Waals surface area contributed by atoms with Gasteiger partial charge in [0, 0.05) is 54.5 Å². The van der Waals surface area contributed by atoms with E-state index in [2.05, 4.69) is 29.9 Å². The number of aromatic nitrogens is 6. The van der Waals surface area contributed by atoms with E-state index in [1.807, 2.05) is 50.4 Å². The molecule has 172 valence electrons. The molecule has 3 heterocycles. The first-order valence-electron chi connectivity index (χ1n) is 10.9. The maximum absolute atomic E-state index is 14.1. The average molecular weight is 458 g/mol. The normalized spacial score (nSPS) is 11.2. The van der Waals surface area contributed by atoms with Gasteiger partial charge in [0.25, 0.3) is 0 Å². The van der Waals surface area contributed by atoms with Gasteiger partial charge in [0.2, 0.25) is 0 Å². The van der Waals surface area contributed by atoms with Crippen molar-refractivity contribution >= 4 is 16.7 Å². The third kappa shape index (κ3) is 4.07. The van der Waals surface area contributed by atoms with Crippen LogP contribution < -0.4 is 10.1 Å². The molecule has 0 spiro atoms. The molecule has 0 fully saturated rings. The molecule has 5 aromatic rings. The summed E-state index contributed by atoms with van der Waals surface area (Å²) >= 11 is 0. The first kappa shape index (κ1) is 21.6. The first-order chi connectivity index (χ1) is 16.5. The molecule has 8 nitrogen and oxygen atoms in total. The summed E-state index contributed by atoms with van der Waals surface area (Å²) in [6.45, 7) is 3.27. The van der Waals surface area contributed by atoms with Crippen molar-refractivity contribution in [3.05, 3.63) is 72.7 Å². The summed E-state index contributed by atoms with van der Waals surface area (Å²) in [7, 11) is 3.42. The fourth-order valence-corrected chi connectivity index (χ4v) is 4.15. The Balaban J connectivity index is 1.30. The van der Waals surface area contributed by atoms with Crippen LogP contribution in [0.2, 0.25) is 0 Å². The number of benzene rings is 2. The number of rotatable bonds is 7. The first-order valence-corrected chi connectivity index (χ1v) is 10.9. The number of fused-ring (bicyclic) bond motifs is 1. The quantitative estimate of drug-likeness (QED) is 0.389. The molecule has 0 saturated heterocycles. The molecule has 2 aromatic carbocycles. The lowest BCUT2D eigenvalue weighted by atomic mass is 10.1. The van der Waals surface area contributed by atoms with Crippen molar-refractivity contribution in [1.29, 1.82) is 0 Å².